The van der Waals surface area contributed by atoms with E-state index in [0.717, 1.165) is 21.5 Å². The van der Waals surface area contributed by atoms with Crippen molar-refractivity contribution < 1.29 is 9.90 Å². The van der Waals surface area contributed by atoms with Crippen LogP contribution in [0.15, 0.2) is 27.1 Å². The fraction of sp³-hybridized carbons (Fsp3) is 0.167. The van der Waals surface area contributed by atoms with E-state index in [2.05, 4.69) is 37.0 Å². The van der Waals surface area contributed by atoms with Crippen LogP contribution in [0.4, 0.5) is 0 Å². The first-order valence-corrected chi connectivity index (χ1v) is 6.75. The molecule has 0 bridgehead atoms. The van der Waals surface area contributed by atoms with Gasteiger partial charge in [-0.1, -0.05) is 0 Å². The summed E-state index contributed by atoms with van der Waals surface area (Å²) < 4.78 is 3.42. The molecule has 4 nitrogen and oxygen atoms in total. The van der Waals surface area contributed by atoms with Gasteiger partial charge in [0.1, 0.15) is 0 Å². The Morgan fingerprint density at radius 1 is 1.33 bits per heavy atom. The molecule has 2 rings (SSSR count). The molecule has 0 aliphatic carbocycles. The molecule has 1 aromatic carbocycles. The molecule has 0 aliphatic rings. The van der Waals surface area contributed by atoms with Crippen LogP contribution in [0, 0.1) is 13.8 Å². The second-order valence-electron chi connectivity index (χ2n) is 3.87. The molecule has 1 aromatic heterocycles. The molecule has 0 aliphatic heterocycles. The maximum Gasteiger partial charge on any atom is 0.335 e. The number of hydrogen-bond acceptors (Lipinski definition) is 2. The summed E-state index contributed by atoms with van der Waals surface area (Å²) in [5, 5.41) is 13.3. The average Bonchev–Trinajstić information content (AvgIpc) is 2.57. The summed E-state index contributed by atoms with van der Waals surface area (Å²) in [7, 11) is 0. The van der Waals surface area contributed by atoms with Crippen LogP contribution in [0.1, 0.15) is 21.7 Å². The lowest BCUT2D eigenvalue weighted by atomic mass is 10.2. The highest BCUT2D eigenvalue weighted by Gasteiger charge is 2.14. The molecule has 0 saturated carbocycles. The van der Waals surface area contributed by atoms with Gasteiger partial charge in [-0.3, -0.25) is 0 Å². The van der Waals surface area contributed by atoms with E-state index < -0.39 is 5.97 Å². The molecule has 0 saturated heterocycles. The Balaban J connectivity index is 2.58. The Morgan fingerprint density at radius 2 is 2.00 bits per heavy atom. The monoisotopic (exact) mass is 372 g/mol. The molecule has 0 amide bonds. The number of aromatic carboxylic acids is 1. The zero-order chi connectivity index (χ0) is 13.4. The van der Waals surface area contributed by atoms with Gasteiger partial charge in [-0.2, -0.15) is 5.10 Å². The lowest BCUT2D eigenvalue weighted by Crippen LogP contribution is -2.02. The SMILES string of the molecule is Cc1nn(-c2ccc(C(=O)O)cc2Br)c(C)c1Br. The second-order valence-corrected chi connectivity index (χ2v) is 5.52. The predicted molar refractivity (Wildman–Crippen MR) is 75.4 cm³/mol. The van der Waals surface area contributed by atoms with Crippen LogP contribution in [0.25, 0.3) is 5.69 Å². The number of rotatable bonds is 2. The van der Waals surface area contributed by atoms with Crippen molar-refractivity contribution in [2.75, 3.05) is 0 Å². The van der Waals surface area contributed by atoms with Crippen molar-refractivity contribution in [2.24, 2.45) is 0 Å². The molecule has 0 fully saturated rings. The summed E-state index contributed by atoms with van der Waals surface area (Å²) in [5.41, 5.74) is 2.91. The van der Waals surface area contributed by atoms with E-state index in [1.54, 1.807) is 22.9 Å². The minimum Gasteiger partial charge on any atom is -0.478 e. The number of nitrogens with zero attached hydrogens (tertiary/aromatic N) is 2. The highest BCUT2D eigenvalue weighted by atomic mass is 79.9. The minimum atomic E-state index is -0.947. The molecule has 1 N–H and O–H groups in total. The highest BCUT2D eigenvalue weighted by molar-refractivity contribution is 9.11. The first-order chi connectivity index (χ1) is 8.41. The number of aryl methyl sites for hydroxylation is 1. The van der Waals surface area contributed by atoms with Gasteiger partial charge in [0.15, 0.2) is 0 Å². The lowest BCUT2D eigenvalue weighted by Gasteiger charge is -2.07. The van der Waals surface area contributed by atoms with Crippen LogP contribution in [0.2, 0.25) is 0 Å². The van der Waals surface area contributed by atoms with Crippen molar-refractivity contribution in [3.63, 3.8) is 0 Å². The third-order valence-corrected chi connectivity index (χ3v) is 4.41. The van der Waals surface area contributed by atoms with Crippen LogP contribution in [0.3, 0.4) is 0 Å². The smallest absolute Gasteiger partial charge is 0.335 e. The Hall–Kier alpha value is -1.14. The molecular formula is C12H10Br2N2O2. The number of hydrogen-bond donors (Lipinski definition) is 1. The van der Waals surface area contributed by atoms with Crippen LogP contribution in [-0.2, 0) is 0 Å². The van der Waals surface area contributed by atoms with Gasteiger partial charge in [-0.05, 0) is 63.9 Å². The molecular weight excluding hydrogens is 364 g/mol. The van der Waals surface area contributed by atoms with Crippen LogP contribution < -0.4 is 0 Å². The van der Waals surface area contributed by atoms with Crippen molar-refractivity contribution >= 4 is 37.8 Å². The van der Waals surface area contributed by atoms with Gasteiger partial charge in [0.05, 0.1) is 27.1 Å². The van der Waals surface area contributed by atoms with Gasteiger partial charge in [-0.25, -0.2) is 9.48 Å². The fourth-order valence-corrected chi connectivity index (χ4v) is 2.46. The minimum absolute atomic E-state index is 0.242. The largest absolute Gasteiger partial charge is 0.478 e. The predicted octanol–water partition coefficient (Wildman–Crippen LogP) is 3.71. The van der Waals surface area contributed by atoms with Crippen LogP contribution in [-0.4, -0.2) is 20.9 Å². The van der Waals surface area contributed by atoms with Crippen molar-refractivity contribution in [2.45, 2.75) is 13.8 Å². The molecule has 0 atom stereocenters. The van der Waals surface area contributed by atoms with Gasteiger partial charge >= 0.3 is 5.97 Å². The van der Waals surface area contributed by atoms with Gasteiger partial charge in [0.25, 0.3) is 0 Å². The van der Waals surface area contributed by atoms with Crippen LogP contribution in [0.5, 0.6) is 0 Å². The van der Waals surface area contributed by atoms with Crippen LogP contribution >= 0.6 is 31.9 Å². The molecule has 6 heteroatoms. The zero-order valence-corrected chi connectivity index (χ0v) is 12.9. The summed E-state index contributed by atoms with van der Waals surface area (Å²) in [4.78, 5) is 10.9. The number of benzene rings is 1. The molecule has 2 aromatic rings. The summed E-state index contributed by atoms with van der Waals surface area (Å²) in [6.45, 7) is 3.86. The standard InChI is InChI=1S/C12H10Br2N2O2/c1-6-11(14)7(2)16(15-6)10-4-3-8(12(17)18)5-9(10)13/h3-5H,1-2H3,(H,17,18). The Morgan fingerprint density at radius 3 is 2.44 bits per heavy atom. The zero-order valence-electron chi connectivity index (χ0n) is 9.74. The van der Waals surface area contributed by atoms with E-state index in [9.17, 15) is 4.79 Å². The third-order valence-electron chi connectivity index (χ3n) is 2.63. The second kappa shape index (κ2) is 4.85. The highest BCUT2D eigenvalue weighted by Crippen LogP contribution is 2.27. The quantitative estimate of drug-likeness (QED) is 0.872. The summed E-state index contributed by atoms with van der Waals surface area (Å²) in [5.74, 6) is -0.947. The maximum absolute atomic E-state index is 10.9. The maximum atomic E-state index is 10.9. The van der Waals surface area contributed by atoms with Crippen molar-refractivity contribution in [1.29, 1.82) is 0 Å². The topological polar surface area (TPSA) is 55.1 Å². The summed E-state index contributed by atoms with van der Waals surface area (Å²) in [6.07, 6.45) is 0. The number of halogens is 2. The molecule has 0 unspecified atom stereocenters. The number of carboxylic acid groups (broad SMARTS) is 1. The number of carboxylic acids is 1. The van der Waals surface area contributed by atoms with E-state index in [1.165, 1.54) is 0 Å². The van der Waals surface area contributed by atoms with Crippen molar-refractivity contribution in [3.8, 4) is 5.69 Å². The molecule has 0 spiro atoms. The van der Waals surface area contributed by atoms with Crippen molar-refractivity contribution in [3.05, 3.63) is 44.1 Å². The Bertz CT molecular complexity index is 635. The number of carbonyl (C=O) groups is 1. The van der Waals surface area contributed by atoms with E-state index in [0.29, 0.717) is 4.47 Å². The summed E-state index contributed by atoms with van der Waals surface area (Å²) >= 11 is 6.85. The molecule has 1 heterocycles. The van der Waals surface area contributed by atoms with E-state index >= 15 is 0 Å². The molecule has 94 valence electrons. The van der Waals surface area contributed by atoms with E-state index in [4.69, 9.17) is 5.11 Å². The Labute approximate surface area is 121 Å². The van der Waals surface area contributed by atoms with Gasteiger partial charge in [0.2, 0.25) is 0 Å². The molecule has 0 radical (unpaired) electrons. The normalized spacial score (nSPS) is 10.7. The van der Waals surface area contributed by atoms with Crippen molar-refractivity contribution in [1.82, 2.24) is 9.78 Å². The number of aromatic nitrogens is 2. The van der Waals surface area contributed by atoms with E-state index in [1.807, 2.05) is 13.8 Å². The first-order valence-electron chi connectivity index (χ1n) is 5.16. The first kappa shape index (κ1) is 13.3. The third kappa shape index (κ3) is 2.22. The Kier molecular flexibility index (Phi) is 3.59. The van der Waals surface area contributed by atoms with Gasteiger partial charge in [-0.15, -0.1) is 0 Å². The van der Waals surface area contributed by atoms with Gasteiger partial charge in [0, 0.05) is 4.47 Å². The molecule has 18 heavy (non-hydrogen) atoms. The summed E-state index contributed by atoms with van der Waals surface area (Å²) in [6, 6.07) is 4.87. The fourth-order valence-electron chi connectivity index (χ4n) is 1.67. The lowest BCUT2D eigenvalue weighted by molar-refractivity contribution is 0.0697. The van der Waals surface area contributed by atoms with E-state index in [-0.39, 0.29) is 5.56 Å². The average molecular weight is 374 g/mol. The van der Waals surface area contributed by atoms with Gasteiger partial charge < -0.3 is 5.11 Å².